The molecule has 2 aliphatic rings. The van der Waals surface area contributed by atoms with Crippen molar-refractivity contribution in [2.24, 2.45) is 0 Å². The first-order valence-electron chi connectivity index (χ1n) is 9.58. The third-order valence-electron chi connectivity index (χ3n) is 5.35. The van der Waals surface area contributed by atoms with Crippen molar-refractivity contribution in [1.82, 2.24) is 15.2 Å². The molecule has 1 aromatic heterocycles. The Morgan fingerprint density at radius 2 is 1.85 bits per heavy atom. The van der Waals surface area contributed by atoms with Gasteiger partial charge >= 0.3 is 0 Å². The van der Waals surface area contributed by atoms with Crippen LogP contribution in [-0.2, 0) is 0 Å². The van der Waals surface area contributed by atoms with E-state index in [1.54, 1.807) is 0 Å². The van der Waals surface area contributed by atoms with Crippen LogP contribution in [0.1, 0.15) is 23.7 Å². The molecule has 138 valence electrons. The predicted octanol–water partition coefficient (Wildman–Crippen LogP) is 3.35. The molecule has 0 bridgehead atoms. The van der Waals surface area contributed by atoms with Gasteiger partial charge in [-0.1, -0.05) is 30.3 Å². The summed E-state index contributed by atoms with van der Waals surface area (Å²) in [6, 6.07) is 19.0. The molecule has 1 unspecified atom stereocenters. The van der Waals surface area contributed by atoms with E-state index in [9.17, 15) is 0 Å². The third kappa shape index (κ3) is 3.24. The zero-order chi connectivity index (χ0) is 18.1. The molecule has 1 saturated heterocycles. The highest BCUT2D eigenvalue weighted by Gasteiger charge is 2.26. The van der Waals surface area contributed by atoms with Crippen LogP contribution in [0.4, 0.5) is 0 Å². The van der Waals surface area contributed by atoms with Gasteiger partial charge in [-0.25, -0.2) is 0 Å². The minimum Gasteiger partial charge on any atom is -0.454 e. The molecule has 0 radical (unpaired) electrons. The quantitative estimate of drug-likeness (QED) is 0.775. The summed E-state index contributed by atoms with van der Waals surface area (Å²) in [5.74, 6) is 1.65. The van der Waals surface area contributed by atoms with Gasteiger partial charge in [-0.15, -0.1) is 0 Å². The van der Waals surface area contributed by atoms with Crippen LogP contribution in [0.3, 0.4) is 0 Å². The minimum atomic E-state index is 0.101. The first-order valence-corrected chi connectivity index (χ1v) is 9.58. The molecule has 5 nitrogen and oxygen atoms in total. The van der Waals surface area contributed by atoms with Crippen LogP contribution >= 0.6 is 0 Å². The van der Waals surface area contributed by atoms with E-state index in [1.807, 2.05) is 12.1 Å². The van der Waals surface area contributed by atoms with Gasteiger partial charge in [-0.2, -0.15) is 0 Å². The van der Waals surface area contributed by atoms with E-state index >= 15 is 0 Å². The van der Waals surface area contributed by atoms with Crippen molar-refractivity contribution in [3.8, 4) is 11.5 Å². The number of nitrogens with zero attached hydrogens (tertiary/aromatic N) is 2. The van der Waals surface area contributed by atoms with E-state index in [0.717, 1.165) is 55.3 Å². The molecule has 3 heterocycles. The number of nitrogens with one attached hydrogen (secondary N) is 1. The SMILES string of the molecule is c1ccc2nc(C(c3ccc4c(c3)OCO4)N3CCCNCC3)ccc2c1. The second kappa shape index (κ2) is 7.18. The Morgan fingerprint density at radius 1 is 0.926 bits per heavy atom. The van der Waals surface area contributed by atoms with Gasteiger partial charge in [-0.3, -0.25) is 9.88 Å². The molecule has 1 atom stereocenters. The van der Waals surface area contributed by atoms with Crippen molar-refractivity contribution >= 4 is 10.9 Å². The number of fused-ring (bicyclic) bond motifs is 2. The van der Waals surface area contributed by atoms with Crippen molar-refractivity contribution in [2.75, 3.05) is 33.0 Å². The molecule has 1 N–H and O–H groups in total. The fourth-order valence-electron chi connectivity index (χ4n) is 4.01. The van der Waals surface area contributed by atoms with Crippen LogP contribution in [0, 0.1) is 0 Å². The fraction of sp³-hybridized carbons (Fsp3) is 0.318. The molecular weight excluding hydrogens is 338 g/mol. The zero-order valence-corrected chi connectivity index (χ0v) is 15.2. The lowest BCUT2D eigenvalue weighted by Crippen LogP contribution is -2.33. The molecule has 5 rings (SSSR count). The van der Waals surface area contributed by atoms with Crippen LogP contribution in [0.15, 0.2) is 54.6 Å². The summed E-state index contributed by atoms with van der Waals surface area (Å²) in [6.45, 7) is 4.39. The molecule has 1 fully saturated rings. The Hall–Kier alpha value is -2.63. The fourth-order valence-corrected chi connectivity index (χ4v) is 4.01. The minimum absolute atomic E-state index is 0.101. The van der Waals surface area contributed by atoms with Crippen LogP contribution < -0.4 is 14.8 Å². The predicted molar refractivity (Wildman–Crippen MR) is 105 cm³/mol. The molecular formula is C22H23N3O2. The summed E-state index contributed by atoms with van der Waals surface area (Å²) < 4.78 is 11.1. The number of para-hydroxylation sites is 1. The summed E-state index contributed by atoms with van der Waals surface area (Å²) in [5, 5.41) is 4.67. The lowest BCUT2D eigenvalue weighted by molar-refractivity contribution is 0.173. The Morgan fingerprint density at radius 3 is 2.85 bits per heavy atom. The van der Waals surface area contributed by atoms with Gasteiger partial charge in [0.15, 0.2) is 11.5 Å². The first kappa shape index (κ1) is 16.5. The zero-order valence-electron chi connectivity index (χ0n) is 15.2. The van der Waals surface area contributed by atoms with Gasteiger partial charge in [0.05, 0.1) is 17.3 Å². The Kier molecular flexibility index (Phi) is 4.40. The van der Waals surface area contributed by atoms with Crippen LogP contribution in [0.2, 0.25) is 0 Å². The summed E-state index contributed by atoms with van der Waals surface area (Å²) in [4.78, 5) is 7.54. The second-order valence-corrected chi connectivity index (χ2v) is 7.08. The number of aromatic nitrogens is 1. The smallest absolute Gasteiger partial charge is 0.231 e. The second-order valence-electron chi connectivity index (χ2n) is 7.08. The maximum atomic E-state index is 5.63. The highest BCUT2D eigenvalue weighted by atomic mass is 16.7. The number of rotatable bonds is 3. The van der Waals surface area contributed by atoms with Crippen molar-refractivity contribution in [1.29, 1.82) is 0 Å². The number of hydrogen-bond donors (Lipinski definition) is 1. The van der Waals surface area contributed by atoms with Gasteiger partial charge in [0.25, 0.3) is 0 Å². The van der Waals surface area contributed by atoms with Crippen molar-refractivity contribution < 1.29 is 9.47 Å². The Bertz CT molecular complexity index is 951. The summed E-state index contributed by atoms with van der Waals surface area (Å²) in [5.41, 5.74) is 3.31. The Labute approximate surface area is 158 Å². The van der Waals surface area contributed by atoms with Gasteiger partial charge in [-0.05, 0) is 42.8 Å². The third-order valence-corrected chi connectivity index (χ3v) is 5.35. The average molecular weight is 361 g/mol. The molecule has 0 saturated carbocycles. The molecule has 0 spiro atoms. The van der Waals surface area contributed by atoms with E-state index < -0.39 is 0 Å². The average Bonchev–Trinajstić information content (AvgIpc) is 3.02. The van der Waals surface area contributed by atoms with E-state index in [-0.39, 0.29) is 6.04 Å². The highest BCUT2D eigenvalue weighted by molar-refractivity contribution is 5.78. The molecule has 2 aliphatic heterocycles. The molecule has 2 aromatic carbocycles. The summed E-state index contributed by atoms with van der Waals surface area (Å²) in [7, 11) is 0. The van der Waals surface area contributed by atoms with E-state index in [4.69, 9.17) is 14.5 Å². The van der Waals surface area contributed by atoms with Gasteiger partial charge in [0.2, 0.25) is 6.79 Å². The summed E-state index contributed by atoms with van der Waals surface area (Å²) >= 11 is 0. The molecule has 0 aliphatic carbocycles. The standard InChI is InChI=1S/C22H23N3O2/c1-2-5-18-16(4-1)6-8-19(24-18)22(25-12-3-10-23-11-13-25)17-7-9-20-21(14-17)27-15-26-20/h1-2,4-9,14,22-23H,3,10-13,15H2. The van der Waals surface area contributed by atoms with Gasteiger partial charge < -0.3 is 14.8 Å². The highest BCUT2D eigenvalue weighted by Crippen LogP contribution is 2.37. The Balaban J connectivity index is 1.60. The maximum absolute atomic E-state index is 5.63. The number of hydrogen-bond acceptors (Lipinski definition) is 5. The summed E-state index contributed by atoms with van der Waals surface area (Å²) in [6.07, 6.45) is 1.13. The monoisotopic (exact) mass is 361 g/mol. The van der Waals surface area contributed by atoms with Crippen molar-refractivity contribution in [2.45, 2.75) is 12.5 Å². The first-order chi connectivity index (χ1) is 13.4. The topological polar surface area (TPSA) is 46.6 Å². The molecule has 27 heavy (non-hydrogen) atoms. The van der Waals surface area contributed by atoms with Crippen LogP contribution in [0.25, 0.3) is 10.9 Å². The van der Waals surface area contributed by atoms with E-state index in [0.29, 0.717) is 6.79 Å². The lowest BCUT2D eigenvalue weighted by Gasteiger charge is -2.30. The molecule has 5 heteroatoms. The van der Waals surface area contributed by atoms with Crippen molar-refractivity contribution in [3.05, 3.63) is 65.9 Å². The normalized spacial score (nSPS) is 18.4. The van der Waals surface area contributed by atoms with Crippen molar-refractivity contribution in [3.63, 3.8) is 0 Å². The van der Waals surface area contributed by atoms with Crippen LogP contribution in [0.5, 0.6) is 11.5 Å². The largest absolute Gasteiger partial charge is 0.454 e. The van der Waals surface area contributed by atoms with E-state index in [1.165, 1.54) is 10.9 Å². The molecule has 3 aromatic rings. The van der Waals surface area contributed by atoms with Gasteiger partial charge in [0, 0.05) is 25.0 Å². The number of benzene rings is 2. The van der Waals surface area contributed by atoms with Crippen LogP contribution in [-0.4, -0.2) is 42.9 Å². The van der Waals surface area contributed by atoms with Gasteiger partial charge in [0.1, 0.15) is 0 Å². The number of pyridine rings is 1. The van der Waals surface area contributed by atoms with E-state index in [2.05, 4.69) is 52.7 Å². The lowest BCUT2D eigenvalue weighted by atomic mass is 9.99. The number of ether oxygens (including phenoxy) is 2. The maximum Gasteiger partial charge on any atom is 0.231 e. The molecule has 0 amide bonds.